The van der Waals surface area contributed by atoms with E-state index in [2.05, 4.69) is 23.2 Å². The zero-order chi connectivity index (χ0) is 12.4. The average molecular weight is 235 g/mol. The van der Waals surface area contributed by atoms with Gasteiger partial charge in [0.25, 0.3) is 0 Å². The highest BCUT2D eigenvalue weighted by molar-refractivity contribution is 5.78. The summed E-state index contributed by atoms with van der Waals surface area (Å²) in [7, 11) is 0. The van der Waals surface area contributed by atoms with Gasteiger partial charge in [-0.15, -0.1) is 0 Å². The quantitative estimate of drug-likeness (QED) is 0.737. The van der Waals surface area contributed by atoms with Gasteiger partial charge >= 0.3 is 0 Å². The molecule has 0 amide bonds. The lowest BCUT2D eigenvalue weighted by Crippen LogP contribution is -1.92. The minimum Gasteiger partial charge on any atom is -0.508 e. The Balaban J connectivity index is 1.92. The first kappa shape index (κ1) is 10.8. The van der Waals surface area contributed by atoms with Crippen LogP contribution in [0.4, 0.5) is 0 Å². The van der Waals surface area contributed by atoms with Crippen molar-refractivity contribution in [2.24, 2.45) is 0 Å². The lowest BCUT2D eigenvalue weighted by atomic mass is 10.1. The summed E-state index contributed by atoms with van der Waals surface area (Å²) in [6.07, 6.45) is 0.783. The first-order chi connectivity index (χ1) is 8.81. The predicted molar refractivity (Wildman–Crippen MR) is 72.7 cm³/mol. The van der Waals surface area contributed by atoms with E-state index in [0.717, 1.165) is 28.6 Å². The van der Waals surface area contributed by atoms with Crippen molar-refractivity contribution >= 4 is 10.9 Å². The Bertz CT molecular complexity index is 674. The van der Waals surface area contributed by atoms with Crippen LogP contribution in [0, 0.1) is 0 Å². The number of phenolic OH excluding ortho intramolecular Hbond substituents is 1. The molecule has 0 saturated carbocycles. The lowest BCUT2D eigenvalue weighted by Gasteiger charge is -2.03. The number of benzene rings is 2. The molecule has 3 rings (SSSR count). The van der Waals surface area contributed by atoms with E-state index in [1.165, 1.54) is 0 Å². The zero-order valence-corrected chi connectivity index (χ0v) is 9.88. The van der Waals surface area contributed by atoms with E-state index in [1.807, 2.05) is 30.3 Å². The highest BCUT2D eigenvalue weighted by Gasteiger charge is 2.00. The van der Waals surface area contributed by atoms with Crippen LogP contribution in [0.15, 0.2) is 60.7 Å². The summed E-state index contributed by atoms with van der Waals surface area (Å²) in [5.41, 5.74) is 3.21. The Morgan fingerprint density at radius 1 is 0.833 bits per heavy atom. The van der Waals surface area contributed by atoms with Gasteiger partial charge in [-0.25, -0.2) is 0 Å². The van der Waals surface area contributed by atoms with E-state index in [0.29, 0.717) is 5.75 Å². The molecule has 88 valence electrons. The van der Waals surface area contributed by atoms with E-state index in [1.54, 1.807) is 12.1 Å². The molecular weight excluding hydrogens is 222 g/mol. The second-order valence-electron chi connectivity index (χ2n) is 4.34. The monoisotopic (exact) mass is 235 g/mol. The smallest absolute Gasteiger partial charge is 0.115 e. The van der Waals surface area contributed by atoms with Crippen LogP contribution in [0.25, 0.3) is 10.9 Å². The van der Waals surface area contributed by atoms with Gasteiger partial charge in [-0.1, -0.05) is 36.4 Å². The van der Waals surface area contributed by atoms with Crippen molar-refractivity contribution in [1.82, 2.24) is 4.98 Å². The van der Waals surface area contributed by atoms with Gasteiger partial charge < -0.3 is 5.11 Å². The summed E-state index contributed by atoms with van der Waals surface area (Å²) in [5, 5.41) is 10.4. The summed E-state index contributed by atoms with van der Waals surface area (Å²) in [5.74, 6) is 0.297. The molecule has 0 aliphatic rings. The van der Waals surface area contributed by atoms with Crippen LogP contribution < -0.4 is 0 Å². The van der Waals surface area contributed by atoms with Crippen LogP contribution in [-0.2, 0) is 6.42 Å². The molecule has 3 aromatic rings. The predicted octanol–water partition coefficient (Wildman–Crippen LogP) is 3.53. The topological polar surface area (TPSA) is 33.1 Å². The fourth-order valence-corrected chi connectivity index (χ4v) is 2.03. The normalized spacial score (nSPS) is 10.7. The maximum atomic E-state index is 9.25. The molecule has 0 aliphatic carbocycles. The number of rotatable bonds is 2. The van der Waals surface area contributed by atoms with Crippen LogP contribution in [0.3, 0.4) is 0 Å². The van der Waals surface area contributed by atoms with E-state index in [9.17, 15) is 5.11 Å². The van der Waals surface area contributed by atoms with Gasteiger partial charge in [0, 0.05) is 17.5 Å². The largest absolute Gasteiger partial charge is 0.508 e. The van der Waals surface area contributed by atoms with Crippen LogP contribution >= 0.6 is 0 Å². The van der Waals surface area contributed by atoms with E-state index in [4.69, 9.17) is 0 Å². The first-order valence-electron chi connectivity index (χ1n) is 5.94. The Morgan fingerprint density at radius 3 is 2.44 bits per heavy atom. The van der Waals surface area contributed by atoms with Crippen molar-refractivity contribution < 1.29 is 5.11 Å². The number of hydrogen-bond acceptors (Lipinski definition) is 2. The molecule has 2 heteroatoms. The minimum absolute atomic E-state index is 0.297. The lowest BCUT2D eigenvalue weighted by molar-refractivity contribution is 0.475. The molecule has 1 aromatic heterocycles. The standard InChI is InChI=1S/C16H13NO/c18-15-9-5-12(6-10-15)11-14-8-7-13-3-1-2-4-16(13)17-14/h1-10,18H,11H2. The number of pyridine rings is 1. The zero-order valence-electron chi connectivity index (χ0n) is 9.88. The van der Waals surface area contributed by atoms with Gasteiger partial charge in [0.2, 0.25) is 0 Å². The summed E-state index contributed by atoms with van der Waals surface area (Å²) >= 11 is 0. The molecule has 0 spiro atoms. The molecule has 0 unspecified atom stereocenters. The number of fused-ring (bicyclic) bond motifs is 1. The number of para-hydroxylation sites is 1. The van der Waals surface area contributed by atoms with Crippen molar-refractivity contribution in [2.45, 2.75) is 6.42 Å². The SMILES string of the molecule is Oc1ccc(Cc2ccc3ccccc3n2)cc1. The van der Waals surface area contributed by atoms with Crippen LogP contribution in [-0.4, -0.2) is 10.1 Å². The number of hydrogen-bond donors (Lipinski definition) is 1. The molecule has 0 fully saturated rings. The average Bonchev–Trinajstić information content (AvgIpc) is 2.41. The van der Waals surface area contributed by atoms with E-state index < -0.39 is 0 Å². The molecule has 2 nitrogen and oxygen atoms in total. The summed E-state index contributed by atoms with van der Waals surface area (Å²) in [6, 6.07) is 19.5. The second-order valence-corrected chi connectivity index (χ2v) is 4.34. The Hall–Kier alpha value is -2.35. The fourth-order valence-electron chi connectivity index (χ4n) is 2.03. The Morgan fingerprint density at radius 2 is 1.61 bits per heavy atom. The van der Waals surface area contributed by atoms with Gasteiger partial charge in [-0.3, -0.25) is 4.98 Å². The highest BCUT2D eigenvalue weighted by atomic mass is 16.3. The summed E-state index contributed by atoms with van der Waals surface area (Å²) < 4.78 is 0. The number of aromatic hydroxyl groups is 1. The summed E-state index contributed by atoms with van der Waals surface area (Å²) in [4.78, 5) is 4.63. The van der Waals surface area contributed by atoms with Gasteiger partial charge in [-0.2, -0.15) is 0 Å². The van der Waals surface area contributed by atoms with Crippen molar-refractivity contribution in [2.75, 3.05) is 0 Å². The molecule has 0 aliphatic heterocycles. The Labute approximate surface area is 106 Å². The molecule has 0 radical (unpaired) electrons. The van der Waals surface area contributed by atoms with Crippen molar-refractivity contribution in [1.29, 1.82) is 0 Å². The maximum absolute atomic E-state index is 9.25. The molecule has 18 heavy (non-hydrogen) atoms. The molecule has 0 bridgehead atoms. The Kier molecular flexibility index (Phi) is 2.69. The molecule has 0 atom stereocenters. The molecule has 0 saturated heterocycles. The van der Waals surface area contributed by atoms with Crippen LogP contribution in [0.2, 0.25) is 0 Å². The van der Waals surface area contributed by atoms with Crippen molar-refractivity contribution in [3.05, 3.63) is 71.9 Å². The number of nitrogens with zero attached hydrogens (tertiary/aromatic N) is 1. The van der Waals surface area contributed by atoms with Gasteiger partial charge in [0.15, 0.2) is 0 Å². The van der Waals surface area contributed by atoms with Gasteiger partial charge in [-0.05, 0) is 29.8 Å². The van der Waals surface area contributed by atoms with Crippen LogP contribution in [0.1, 0.15) is 11.3 Å². The molecular formula is C16H13NO. The first-order valence-corrected chi connectivity index (χ1v) is 5.94. The molecule has 1 N–H and O–H groups in total. The third-order valence-electron chi connectivity index (χ3n) is 2.98. The maximum Gasteiger partial charge on any atom is 0.115 e. The number of aromatic nitrogens is 1. The van der Waals surface area contributed by atoms with Crippen molar-refractivity contribution in [3.63, 3.8) is 0 Å². The van der Waals surface area contributed by atoms with E-state index in [-0.39, 0.29) is 0 Å². The minimum atomic E-state index is 0.297. The molecule has 1 heterocycles. The number of phenols is 1. The third-order valence-corrected chi connectivity index (χ3v) is 2.98. The second kappa shape index (κ2) is 4.49. The summed E-state index contributed by atoms with van der Waals surface area (Å²) in [6.45, 7) is 0. The molecule has 2 aromatic carbocycles. The van der Waals surface area contributed by atoms with Gasteiger partial charge in [0.1, 0.15) is 5.75 Å². The highest BCUT2D eigenvalue weighted by Crippen LogP contribution is 2.16. The van der Waals surface area contributed by atoms with Gasteiger partial charge in [0.05, 0.1) is 5.52 Å². The van der Waals surface area contributed by atoms with E-state index >= 15 is 0 Å². The van der Waals surface area contributed by atoms with Crippen LogP contribution in [0.5, 0.6) is 5.75 Å². The third kappa shape index (κ3) is 2.18. The van der Waals surface area contributed by atoms with Crippen molar-refractivity contribution in [3.8, 4) is 5.75 Å². The fraction of sp³-hybridized carbons (Fsp3) is 0.0625.